The first-order valence-corrected chi connectivity index (χ1v) is 10.5. The number of amides is 1. The smallest absolute Gasteiger partial charge is 0.226 e. The maximum absolute atomic E-state index is 13.3. The number of tetrazole rings is 1. The first kappa shape index (κ1) is 18.7. The van der Waals surface area contributed by atoms with Crippen molar-refractivity contribution in [1.82, 2.24) is 24.9 Å². The Morgan fingerprint density at radius 1 is 1.10 bits per heavy atom. The highest BCUT2D eigenvalue weighted by Gasteiger charge is 2.30. The molecular formula is C24H25N5O. The quantitative estimate of drug-likeness (QED) is 0.504. The van der Waals surface area contributed by atoms with Gasteiger partial charge in [0.25, 0.3) is 0 Å². The highest BCUT2D eigenvalue weighted by atomic mass is 16.2. The molecule has 152 valence electrons. The second kappa shape index (κ2) is 7.52. The van der Waals surface area contributed by atoms with Gasteiger partial charge in [-0.1, -0.05) is 54.4 Å². The van der Waals surface area contributed by atoms with Crippen molar-refractivity contribution < 1.29 is 4.79 Å². The Morgan fingerprint density at radius 3 is 2.63 bits per heavy atom. The maximum Gasteiger partial charge on any atom is 0.226 e. The number of benzene rings is 2. The second-order valence-electron chi connectivity index (χ2n) is 8.40. The van der Waals surface area contributed by atoms with Crippen molar-refractivity contribution in [3.63, 3.8) is 0 Å². The van der Waals surface area contributed by atoms with Crippen molar-refractivity contribution in [1.29, 1.82) is 0 Å². The van der Waals surface area contributed by atoms with Crippen LogP contribution >= 0.6 is 0 Å². The number of aromatic nitrogens is 4. The van der Waals surface area contributed by atoms with E-state index in [-0.39, 0.29) is 11.8 Å². The number of hydrogen-bond acceptors (Lipinski definition) is 4. The number of para-hydroxylation sites is 1. The van der Waals surface area contributed by atoms with E-state index in [1.165, 1.54) is 5.56 Å². The van der Waals surface area contributed by atoms with E-state index in [4.69, 9.17) is 0 Å². The van der Waals surface area contributed by atoms with Crippen molar-refractivity contribution in [2.75, 3.05) is 0 Å². The molecule has 30 heavy (non-hydrogen) atoms. The summed E-state index contributed by atoms with van der Waals surface area (Å²) in [5, 5.41) is 13.5. The van der Waals surface area contributed by atoms with Crippen LogP contribution in [0.4, 0.5) is 0 Å². The van der Waals surface area contributed by atoms with E-state index in [9.17, 15) is 4.79 Å². The zero-order valence-electron chi connectivity index (χ0n) is 17.4. The number of carbonyl (C=O) groups is 1. The predicted octanol–water partition coefficient (Wildman–Crippen LogP) is 4.22. The van der Waals surface area contributed by atoms with Gasteiger partial charge in [-0.05, 0) is 54.3 Å². The summed E-state index contributed by atoms with van der Waals surface area (Å²) >= 11 is 0. The van der Waals surface area contributed by atoms with Gasteiger partial charge in [0.15, 0.2) is 5.65 Å². The first-order chi connectivity index (χ1) is 14.6. The van der Waals surface area contributed by atoms with Crippen LogP contribution in [0.25, 0.3) is 16.6 Å². The largest absolute Gasteiger partial charge is 0.334 e. The Bertz CT molecular complexity index is 1220. The van der Waals surface area contributed by atoms with Crippen LogP contribution in [0.15, 0.2) is 48.5 Å². The first-order valence-electron chi connectivity index (χ1n) is 10.5. The van der Waals surface area contributed by atoms with Gasteiger partial charge in [-0.2, -0.15) is 4.52 Å². The summed E-state index contributed by atoms with van der Waals surface area (Å²) in [4.78, 5) is 15.2. The van der Waals surface area contributed by atoms with Crippen LogP contribution in [0, 0.1) is 19.8 Å². The van der Waals surface area contributed by atoms with E-state index in [1.807, 2.05) is 11.0 Å². The van der Waals surface area contributed by atoms with E-state index >= 15 is 0 Å². The molecule has 0 N–H and O–H groups in total. The molecule has 2 aromatic heterocycles. The van der Waals surface area contributed by atoms with E-state index in [0.717, 1.165) is 46.9 Å². The number of pyridine rings is 1. The van der Waals surface area contributed by atoms with Crippen molar-refractivity contribution in [2.45, 2.75) is 46.2 Å². The molecule has 0 saturated heterocycles. The summed E-state index contributed by atoms with van der Waals surface area (Å²) in [5.41, 5.74) is 6.18. The fourth-order valence-electron chi connectivity index (χ4n) is 4.24. The van der Waals surface area contributed by atoms with E-state index < -0.39 is 0 Å². The van der Waals surface area contributed by atoms with Crippen LogP contribution in [0.2, 0.25) is 0 Å². The molecule has 6 heteroatoms. The molecule has 0 aliphatic heterocycles. The molecular weight excluding hydrogens is 374 g/mol. The zero-order chi connectivity index (χ0) is 20.7. The second-order valence-corrected chi connectivity index (χ2v) is 8.40. The summed E-state index contributed by atoms with van der Waals surface area (Å²) in [6.45, 7) is 5.23. The molecule has 1 fully saturated rings. The maximum atomic E-state index is 13.3. The summed E-state index contributed by atoms with van der Waals surface area (Å²) < 4.78 is 1.80. The van der Waals surface area contributed by atoms with E-state index in [0.29, 0.717) is 18.7 Å². The lowest BCUT2D eigenvalue weighted by molar-refractivity contribution is -0.139. The molecule has 1 saturated carbocycles. The highest BCUT2D eigenvalue weighted by Crippen LogP contribution is 2.30. The summed E-state index contributed by atoms with van der Waals surface area (Å²) in [6, 6.07) is 16.7. The van der Waals surface area contributed by atoms with Gasteiger partial charge in [0.1, 0.15) is 0 Å². The molecule has 1 aliphatic rings. The van der Waals surface area contributed by atoms with Gasteiger partial charge in [-0.25, -0.2) is 0 Å². The molecule has 4 aromatic rings. The average molecular weight is 399 g/mol. The molecule has 2 aromatic carbocycles. The number of nitrogens with zero attached hydrogens (tertiary/aromatic N) is 5. The lowest BCUT2D eigenvalue weighted by Gasteiger charge is -2.32. The lowest BCUT2D eigenvalue weighted by atomic mass is 9.84. The summed E-state index contributed by atoms with van der Waals surface area (Å²) in [7, 11) is 0. The topological polar surface area (TPSA) is 63.4 Å². The minimum atomic E-state index is 0.144. The SMILES string of the molecule is Cc1ccc(CN(Cc2cc3cccc(C)c3n3nnnc23)C(=O)C2CCC2)cc1. The normalized spacial score (nSPS) is 14.2. The summed E-state index contributed by atoms with van der Waals surface area (Å²) in [6.07, 6.45) is 3.12. The Hall–Kier alpha value is -3.28. The van der Waals surface area contributed by atoms with Crippen molar-refractivity contribution in [3.05, 3.63) is 70.8 Å². The van der Waals surface area contributed by atoms with Crippen molar-refractivity contribution in [3.8, 4) is 0 Å². The lowest BCUT2D eigenvalue weighted by Crippen LogP contribution is -2.38. The number of aryl methyl sites for hydroxylation is 2. The van der Waals surface area contributed by atoms with Gasteiger partial charge in [0.05, 0.1) is 5.52 Å². The van der Waals surface area contributed by atoms with E-state index in [2.05, 4.69) is 71.8 Å². The molecule has 5 rings (SSSR count). The van der Waals surface area contributed by atoms with Crippen molar-refractivity contribution in [2.24, 2.45) is 5.92 Å². The molecule has 0 spiro atoms. The molecule has 1 aliphatic carbocycles. The van der Waals surface area contributed by atoms with Gasteiger partial charge >= 0.3 is 0 Å². The van der Waals surface area contributed by atoms with Gasteiger partial charge in [0.2, 0.25) is 5.91 Å². The van der Waals surface area contributed by atoms with Crippen LogP contribution in [-0.4, -0.2) is 30.8 Å². The van der Waals surface area contributed by atoms with Crippen LogP contribution < -0.4 is 0 Å². The molecule has 0 atom stereocenters. The number of rotatable bonds is 5. The number of hydrogen-bond donors (Lipinski definition) is 0. The summed E-state index contributed by atoms with van der Waals surface area (Å²) in [5.74, 6) is 0.377. The minimum Gasteiger partial charge on any atom is -0.334 e. The Balaban J connectivity index is 1.54. The van der Waals surface area contributed by atoms with Crippen LogP contribution in [0.5, 0.6) is 0 Å². The molecule has 0 bridgehead atoms. The predicted molar refractivity (Wildman–Crippen MR) is 116 cm³/mol. The fourth-order valence-corrected chi connectivity index (χ4v) is 4.24. The molecule has 1 amide bonds. The monoisotopic (exact) mass is 399 g/mol. The van der Waals surface area contributed by atoms with Gasteiger partial charge in [0, 0.05) is 30.0 Å². The van der Waals surface area contributed by atoms with Gasteiger partial charge < -0.3 is 4.90 Å². The highest BCUT2D eigenvalue weighted by molar-refractivity contribution is 5.86. The van der Waals surface area contributed by atoms with Crippen LogP contribution in [0.1, 0.15) is 41.5 Å². The molecule has 2 heterocycles. The molecule has 6 nitrogen and oxygen atoms in total. The van der Waals surface area contributed by atoms with E-state index in [1.54, 1.807) is 4.52 Å². The van der Waals surface area contributed by atoms with Crippen LogP contribution in [-0.2, 0) is 17.9 Å². The van der Waals surface area contributed by atoms with Crippen molar-refractivity contribution >= 4 is 22.5 Å². The molecule has 0 radical (unpaired) electrons. The third-order valence-electron chi connectivity index (χ3n) is 6.19. The fraction of sp³-hybridized carbons (Fsp3) is 0.333. The van der Waals surface area contributed by atoms with Crippen LogP contribution in [0.3, 0.4) is 0 Å². The number of fused-ring (bicyclic) bond motifs is 3. The third kappa shape index (κ3) is 3.32. The standard InChI is InChI=1S/C24H25N5O/c1-16-9-11-18(12-10-16)14-28(24(30)19-6-4-7-19)15-21-13-20-8-3-5-17(2)22(20)29-23(21)25-26-27-29/h3,5,8-13,19H,4,6-7,14-15H2,1-2H3. The van der Waals surface area contributed by atoms with Gasteiger partial charge in [-0.15, -0.1) is 5.10 Å². The Labute approximate surface area is 175 Å². The Morgan fingerprint density at radius 2 is 1.90 bits per heavy atom. The minimum absolute atomic E-state index is 0.144. The Kier molecular flexibility index (Phi) is 4.69. The van der Waals surface area contributed by atoms with Gasteiger partial charge in [-0.3, -0.25) is 4.79 Å². The molecule has 0 unspecified atom stereocenters. The average Bonchev–Trinajstić information content (AvgIpc) is 3.18. The number of carbonyl (C=O) groups excluding carboxylic acids is 1. The zero-order valence-corrected chi connectivity index (χ0v) is 17.4. The third-order valence-corrected chi connectivity index (χ3v) is 6.19.